The summed E-state index contributed by atoms with van der Waals surface area (Å²) in [6.45, 7) is 0.658. The fraction of sp³-hybridized carbons (Fsp3) is 0.125. The fourth-order valence-corrected chi connectivity index (χ4v) is 1.91. The van der Waals surface area contributed by atoms with E-state index in [1.807, 2.05) is 48.5 Å². The Labute approximate surface area is 112 Å². The number of nitriles is 2. The van der Waals surface area contributed by atoms with Crippen LogP contribution in [0.5, 0.6) is 0 Å². The molecule has 0 heterocycles. The molecule has 0 amide bonds. The molecule has 0 saturated heterocycles. The Bertz CT molecular complexity index is 633. The second-order valence-electron chi connectivity index (χ2n) is 4.13. The highest BCUT2D eigenvalue weighted by Gasteiger charge is 2.07. The van der Waals surface area contributed by atoms with Crippen LogP contribution in [0.4, 0.5) is 5.69 Å². The van der Waals surface area contributed by atoms with Gasteiger partial charge in [-0.15, -0.1) is 0 Å². The SMILES string of the molecule is N#CCc1cccc(NCc2ccccc2)c1C#N. The quantitative estimate of drug-likeness (QED) is 0.902. The Balaban J connectivity index is 2.19. The third-order valence-electron chi connectivity index (χ3n) is 2.86. The first-order valence-corrected chi connectivity index (χ1v) is 6.02. The van der Waals surface area contributed by atoms with Crippen molar-refractivity contribution in [1.29, 1.82) is 10.5 Å². The van der Waals surface area contributed by atoms with Gasteiger partial charge in [0.2, 0.25) is 0 Å². The average Bonchev–Trinajstić information content (AvgIpc) is 2.46. The normalized spacial score (nSPS) is 9.37. The molecule has 0 aliphatic carbocycles. The first-order chi connectivity index (χ1) is 9.35. The summed E-state index contributed by atoms with van der Waals surface area (Å²) in [7, 11) is 0. The summed E-state index contributed by atoms with van der Waals surface area (Å²) in [6.07, 6.45) is 0.254. The zero-order valence-electron chi connectivity index (χ0n) is 10.4. The van der Waals surface area contributed by atoms with E-state index in [9.17, 15) is 5.26 Å². The summed E-state index contributed by atoms with van der Waals surface area (Å²) in [6, 6.07) is 19.8. The molecule has 0 unspecified atom stereocenters. The van der Waals surface area contributed by atoms with Crippen molar-refractivity contribution in [1.82, 2.24) is 0 Å². The van der Waals surface area contributed by atoms with Crippen LogP contribution in [0.15, 0.2) is 48.5 Å². The molecule has 3 nitrogen and oxygen atoms in total. The van der Waals surface area contributed by atoms with Crippen LogP contribution in [0, 0.1) is 22.7 Å². The van der Waals surface area contributed by atoms with Gasteiger partial charge in [0.05, 0.1) is 23.7 Å². The maximum atomic E-state index is 9.22. The first kappa shape index (κ1) is 12.7. The van der Waals surface area contributed by atoms with E-state index in [4.69, 9.17) is 5.26 Å². The molecule has 0 fully saturated rings. The van der Waals surface area contributed by atoms with Crippen LogP contribution < -0.4 is 5.32 Å². The molecular weight excluding hydrogens is 234 g/mol. The molecule has 2 aromatic rings. The Kier molecular flexibility index (Phi) is 4.16. The van der Waals surface area contributed by atoms with Crippen LogP contribution in [-0.2, 0) is 13.0 Å². The molecule has 0 spiro atoms. The predicted octanol–water partition coefficient (Wildman–Crippen LogP) is 3.24. The highest BCUT2D eigenvalue weighted by Crippen LogP contribution is 2.20. The van der Waals surface area contributed by atoms with E-state index in [-0.39, 0.29) is 6.42 Å². The highest BCUT2D eigenvalue weighted by atomic mass is 14.9. The van der Waals surface area contributed by atoms with E-state index in [0.717, 1.165) is 16.8 Å². The summed E-state index contributed by atoms with van der Waals surface area (Å²) < 4.78 is 0. The standard InChI is InChI=1S/C16H13N3/c17-10-9-14-7-4-8-16(15(14)11-18)19-12-13-5-2-1-3-6-13/h1-8,19H,9,12H2. The monoisotopic (exact) mass is 247 g/mol. The number of nitrogens with one attached hydrogen (secondary N) is 1. The maximum absolute atomic E-state index is 9.22. The van der Waals surface area contributed by atoms with Crippen molar-refractivity contribution in [2.75, 3.05) is 5.32 Å². The summed E-state index contributed by atoms with van der Waals surface area (Å²) >= 11 is 0. The van der Waals surface area contributed by atoms with Crippen molar-refractivity contribution in [3.8, 4) is 12.1 Å². The third kappa shape index (κ3) is 3.12. The molecule has 19 heavy (non-hydrogen) atoms. The molecule has 2 aromatic carbocycles. The number of hydrogen-bond donors (Lipinski definition) is 1. The lowest BCUT2D eigenvalue weighted by molar-refractivity contribution is 1.14. The lowest BCUT2D eigenvalue weighted by Crippen LogP contribution is -2.03. The number of hydrogen-bond acceptors (Lipinski definition) is 3. The van der Waals surface area contributed by atoms with Crippen LogP contribution >= 0.6 is 0 Å². The van der Waals surface area contributed by atoms with E-state index in [1.54, 1.807) is 0 Å². The van der Waals surface area contributed by atoms with E-state index in [0.29, 0.717) is 12.1 Å². The molecule has 0 aliphatic heterocycles. The van der Waals surface area contributed by atoms with Gasteiger partial charge in [-0.2, -0.15) is 10.5 Å². The summed E-state index contributed by atoms with van der Waals surface area (Å²) in [5.74, 6) is 0. The van der Waals surface area contributed by atoms with Crippen LogP contribution in [0.25, 0.3) is 0 Å². The minimum absolute atomic E-state index is 0.254. The molecule has 0 saturated carbocycles. The van der Waals surface area contributed by atoms with Gasteiger partial charge in [-0.3, -0.25) is 0 Å². The van der Waals surface area contributed by atoms with Gasteiger partial charge < -0.3 is 5.32 Å². The van der Waals surface area contributed by atoms with Crippen molar-refractivity contribution in [2.24, 2.45) is 0 Å². The summed E-state index contributed by atoms with van der Waals surface area (Å²) in [5.41, 5.74) is 3.25. The number of rotatable bonds is 4. The maximum Gasteiger partial charge on any atom is 0.102 e. The van der Waals surface area contributed by atoms with Crippen molar-refractivity contribution in [3.63, 3.8) is 0 Å². The molecule has 1 N–H and O–H groups in total. The molecule has 0 radical (unpaired) electrons. The van der Waals surface area contributed by atoms with E-state index >= 15 is 0 Å². The largest absolute Gasteiger partial charge is 0.380 e. The first-order valence-electron chi connectivity index (χ1n) is 6.02. The van der Waals surface area contributed by atoms with Gasteiger partial charge in [0.15, 0.2) is 0 Å². The van der Waals surface area contributed by atoms with Crippen molar-refractivity contribution < 1.29 is 0 Å². The molecular formula is C16H13N3. The second kappa shape index (κ2) is 6.23. The number of benzene rings is 2. The van der Waals surface area contributed by atoms with Gasteiger partial charge >= 0.3 is 0 Å². The van der Waals surface area contributed by atoms with Gasteiger partial charge in [0.25, 0.3) is 0 Å². The van der Waals surface area contributed by atoms with E-state index in [1.165, 1.54) is 0 Å². The summed E-state index contributed by atoms with van der Waals surface area (Å²) in [4.78, 5) is 0. The van der Waals surface area contributed by atoms with Crippen LogP contribution in [0.2, 0.25) is 0 Å². The topological polar surface area (TPSA) is 59.6 Å². The van der Waals surface area contributed by atoms with Gasteiger partial charge in [-0.05, 0) is 17.2 Å². The Morgan fingerprint density at radius 1 is 0.947 bits per heavy atom. The highest BCUT2D eigenvalue weighted by molar-refractivity contribution is 5.61. The minimum atomic E-state index is 0.254. The Morgan fingerprint density at radius 2 is 1.74 bits per heavy atom. The molecule has 92 valence electrons. The lowest BCUT2D eigenvalue weighted by Gasteiger charge is -2.10. The van der Waals surface area contributed by atoms with Crippen LogP contribution in [-0.4, -0.2) is 0 Å². The Morgan fingerprint density at radius 3 is 2.42 bits per heavy atom. The van der Waals surface area contributed by atoms with Crippen LogP contribution in [0.1, 0.15) is 16.7 Å². The molecule has 0 aliphatic rings. The van der Waals surface area contributed by atoms with Crippen molar-refractivity contribution in [2.45, 2.75) is 13.0 Å². The minimum Gasteiger partial charge on any atom is -0.380 e. The third-order valence-corrected chi connectivity index (χ3v) is 2.86. The lowest BCUT2D eigenvalue weighted by atomic mass is 10.0. The molecule has 0 atom stereocenters. The van der Waals surface area contributed by atoms with E-state index in [2.05, 4.69) is 17.5 Å². The van der Waals surface area contributed by atoms with Gasteiger partial charge in [-0.1, -0.05) is 42.5 Å². The van der Waals surface area contributed by atoms with Gasteiger partial charge in [0.1, 0.15) is 6.07 Å². The molecule has 0 bridgehead atoms. The smallest absolute Gasteiger partial charge is 0.102 e. The summed E-state index contributed by atoms with van der Waals surface area (Å²) in [5, 5.41) is 21.2. The second-order valence-corrected chi connectivity index (χ2v) is 4.13. The molecule has 3 heteroatoms. The number of nitrogens with zero attached hydrogens (tertiary/aromatic N) is 2. The Hall–Kier alpha value is -2.78. The predicted molar refractivity (Wildman–Crippen MR) is 74.2 cm³/mol. The fourth-order valence-electron chi connectivity index (χ4n) is 1.91. The zero-order valence-corrected chi connectivity index (χ0v) is 10.4. The molecule has 0 aromatic heterocycles. The van der Waals surface area contributed by atoms with E-state index < -0.39 is 0 Å². The average molecular weight is 247 g/mol. The van der Waals surface area contributed by atoms with Gasteiger partial charge in [-0.25, -0.2) is 0 Å². The zero-order chi connectivity index (χ0) is 13.5. The molecule has 2 rings (SSSR count). The number of anilines is 1. The van der Waals surface area contributed by atoms with Crippen LogP contribution in [0.3, 0.4) is 0 Å². The van der Waals surface area contributed by atoms with Gasteiger partial charge in [0, 0.05) is 6.54 Å². The van der Waals surface area contributed by atoms with Crippen molar-refractivity contribution in [3.05, 3.63) is 65.2 Å². The van der Waals surface area contributed by atoms with Crippen molar-refractivity contribution >= 4 is 5.69 Å².